The predicted octanol–water partition coefficient (Wildman–Crippen LogP) is 2.33. The number of thioether (sulfide) groups is 1. The molecule has 3 aliphatic heterocycles. The first-order chi connectivity index (χ1) is 21.0. The Kier molecular flexibility index (Phi) is 7.98. The minimum absolute atomic E-state index is 0.00382. The highest BCUT2D eigenvalue weighted by molar-refractivity contribution is 7.98. The van der Waals surface area contributed by atoms with Gasteiger partial charge in [-0.2, -0.15) is 0 Å². The molecule has 17 heteroatoms. The lowest BCUT2D eigenvalue weighted by atomic mass is 9.92. The molecule has 2 atom stereocenters. The van der Waals surface area contributed by atoms with Crippen molar-refractivity contribution in [2.24, 2.45) is 0 Å². The van der Waals surface area contributed by atoms with Gasteiger partial charge in [0.1, 0.15) is 6.17 Å². The molecule has 3 aliphatic rings. The van der Waals surface area contributed by atoms with Crippen molar-refractivity contribution in [3.8, 4) is 17.0 Å². The number of aromatic nitrogens is 1. The van der Waals surface area contributed by atoms with E-state index in [4.69, 9.17) is 24.0 Å². The number of hydrogen-bond acceptors (Lipinski definition) is 10. The molecule has 44 heavy (non-hydrogen) atoms. The summed E-state index contributed by atoms with van der Waals surface area (Å²) in [6, 6.07) is 9.39. The molecule has 0 saturated carbocycles. The van der Waals surface area contributed by atoms with Gasteiger partial charge in [0.05, 0.1) is 26.0 Å². The Bertz CT molecular complexity index is 1800. The maximum atomic E-state index is 15.2. The molecule has 0 spiro atoms. The van der Waals surface area contributed by atoms with Gasteiger partial charge in [-0.05, 0) is 29.7 Å². The van der Waals surface area contributed by atoms with Crippen molar-refractivity contribution < 1.29 is 51.5 Å². The number of benzene rings is 2. The summed E-state index contributed by atoms with van der Waals surface area (Å²) in [6.45, 7) is -1.55. The highest BCUT2D eigenvalue weighted by atomic mass is 32.2. The van der Waals surface area contributed by atoms with Crippen LogP contribution in [0, 0.1) is 11.6 Å². The number of morpholine rings is 1. The van der Waals surface area contributed by atoms with E-state index in [9.17, 15) is 18.9 Å². The van der Waals surface area contributed by atoms with Gasteiger partial charge in [-0.15, -0.1) is 11.8 Å². The van der Waals surface area contributed by atoms with E-state index >= 15 is 8.78 Å². The number of rotatable bonds is 6. The quantitative estimate of drug-likeness (QED) is 0.203. The van der Waals surface area contributed by atoms with Crippen LogP contribution in [0.5, 0.6) is 5.75 Å². The number of amides is 1. The largest absolute Gasteiger partial charge is 0.472 e. The third kappa shape index (κ3) is 5.49. The van der Waals surface area contributed by atoms with Crippen LogP contribution in [0.1, 0.15) is 27.2 Å². The molecule has 232 valence electrons. The monoisotopic (exact) mass is 651 g/mol. The number of halogens is 2. The lowest BCUT2D eigenvalue weighted by Gasteiger charge is -2.44. The summed E-state index contributed by atoms with van der Waals surface area (Å²) in [6.07, 6.45) is -1.82. The minimum Gasteiger partial charge on any atom is -0.467 e. The standard InChI is InChI=1S/C27H24F2N3O10PS/c1-39-27(35)20-9-31-22(10-40-20)30-32-18(8-19(33)25(24(32)26(31)34)41-12-42-43(36,37)38)15-7-17(28)23(29)16-11-44-21-5-3-2-4-13(21)6-14(15)16/h2-5,7-8,20,22,30H,6,9-12H2,1H3,(H2,36,37,38)/t20?,22-/m0/s1. The number of nitrogens with one attached hydrogen (secondary N) is 1. The molecule has 1 fully saturated rings. The molecule has 2 aromatic carbocycles. The molecule has 0 aliphatic carbocycles. The fraction of sp³-hybridized carbons (Fsp3) is 0.296. The second kappa shape index (κ2) is 11.6. The van der Waals surface area contributed by atoms with E-state index in [1.165, 1.54) is 21.3 Å². The van der Waals surface area contributed by atoms with Crippen molar-refractivity contribution in [1.82, 2.24) is 9.58 Å². The van der Waals surface area contributed by atoms with Crippen molar-refractivity contribution in [3.05, 3.63) is 80.6 Å². The zero-order valence-corrected chi connectivity index (χ0v) is 24.5. The van der Waals surface area contributed by atoms with Crippen LogP contribution in [0.2, 0.25) is 0 Å². The number of pyridine rings is 1. The average Bonchev–Trinajstić information content (AvgIpc) is 3.19. The van der Waals surface area contributed by atoms with Crippen LogP contribution in [-0.4, -0.2) is 70.6 Å². The normalized spacial score (nSPS) is 19.1. The van der Waals surface area contributed by atoms with Gasteiger partial charge in [-0.1, -0.05) is 18.2 Å². The Morgan fingerprint density at radius 1 is 1.20 bits per heavy atom. The third-order valence-corrected chi connectivity index (χ3v) is 9.00. The van der Waals surface area contributed by atoms with Gasteiger partial charge in [0.2, 0.25) is 18.0 Å². The first-order valence-electron chi connectivity index (χ1n) is 13.1. The molecule has 1 saturated heterocycles. The topological polar surface area (TPSA) is 166 Å². The van der Waals surface area contributed by atoms with Crippen molar-refractivity contribution in [2.45, 2.75) is 29.3 Å². The van der Waals surface area contributed by atoms with Crippen molar-refractivity contribution in [3.63, 3.8) is 0 Å². The number of esters is 1. The highest BCUT2D eigenvalue weighted by Gasteiger charge is 2.43. The Hall–Kier alpha value is -3.79. The molecule has 1 aromatic heterocycles. The van der Waals surface area contributed by atoms with Crippen LogP contribution in [0.4, 0.5) is 8.78 Å². The zero-order chi connectivity index (χ0) is 31.3. The van der Waals surface area contributed by atoms with Crippen LogP contribution in [-0.2, 0) is 35.5 Å². The molecular weight excluding hydrogens is 627 g/mol. The first-order valence-corrected chi connectivity index (χ1v) is 15.6. The van der Waals surface area contributed by atoms with Crippen LogP contribution in [0.25, 0.3) is 11.3 Å². The summed E-state index contributed by atoms with van der Waals surface area (Å²) in [5, 5.41) is 0. The molecule has 1 unspecified atom stereocenters. The average molecular weight is 652 g/mol. The van der Waals surface area contributed by atoms with Gasteiger partial charge in [-0.3, -0.25) is 9.59 Å². The molecule has 3 N–H and O–H groups in total. The fourth-order valence-corrected chi connectivity index (χ4v) is 6.68. The maximum Gasteiger partial charge on any atom is 0.472 e. The highest BCUT2D eigenvalue weighted by Crippen LogP contribution is 2.41. The molecule has 1 amide bonds. The predicted molar refractivity (Wildman–Crippen MR) is 149 cm³/mol. The number of phosphoric ester groups is 1. The maximum absolute atomic E-state index is 15.2. The van der Waals surface area contributed by atoms with Crippen LogP contribution < -0.4 is 15.6 Å². The second-order valence-corrected chi connectivity index (χ2v) is 12.2. The van der Waals surface area contributed by atoms with Crippen LogP contribution in [0.3, 0.4) is 0 Å². The van der Waals surface area contributed by atoms with Crippen LogP contribution >= 0.6 is 19.6 Å². The van der Waals surface area contributed by atoms with Gasteiger partial charge in [0, 0.05) is 27.8 Å². The minimum atomic E-state index is -5.01. The fourth-order valence-electron chi connectivity index (χ4n) is 5.39. The Morgan fingerprint density at radius 2 is 1.98 bits per heavy atom. The van der Waals surface area contributed by atoms with Gasteiger partial charge < -0.3 is 34.3 Å². The molecule has 3 aromatic rings. The van der Waals surface area contributed by atoms with Gasteiger partial charge in [-0.25, -0.2) is 27.3 Å². The molecule has 4 heterocycles. The summed E-state index contributed by atoms with van der Waals surface area (Å²) in [4.78, 5) is 59.8. The summed E-state index contributed by atoms with van der Waals surface area (Å²) >= 11 is 1.34. The van der Waals surface area contributed by atoms with Crippen molar-refractivity contribution >= 4 is 31.5 Å². The zero-order valence-electron chi connectivity index (χ0n) is 22.8. The van der Waals surface area contributed by atoms with E-state index in [1.54, 1.807) is 0 Å². The Balaban J connectivity index is 1.53. The van der Waals surface area contributed by atoms with Gasteiger partial charge in [0.15, 0.2) is 23.4 Å². The third-order valence-electron chi connectivity index (χ3n) is 7.42. The number of methoxy groups -OCH3 is 1. The smallest absolute Gasteiger partial charge is 0.467 e. The van der Waals surface area contributed by atoms with Crippen molar-refractivity contribution in [1.29, 1.82) is 0 Å². The summed E-state index contributed by atoms with van der Waals surface area (Å²) in [5.74, 6) is -4.26. The van der Waals surface area contributed by atoms with Gasteiger partial charge in [0.25, 0.3) is 5.91 Å². The van der Waals surface area contributed by atoms with E-state index in [2.05, 4.69) is 9.95 Å². The van der Waals surface area contributed by atoms with Crippen molar-refractivity contribution in [2.75, 3.05) is 32.5 Å². The summed E-state index contributed by atoms with van der Waals surface area (Å²) in [5.41, 5.74) is 3.18. The Morgan fingerprint density at radius 3 is 2.73 bits per heavy atom. The number of ether oxygens (including phenoxy) is 3. The molecule has 0 bridgehead atoms. The number of carbonyl (C=O) groups is 2. The van der Waals surface area contributed by atoms with E-state index in [0.29, 0.717) is 5.56 Å². The van der Waals surface area contributed by atoms with E-state index < -0.39 is 67.3 Å². The van der Waals surface area contributed by atoms with E-state index in [-0.39, 0.29) is 42.1 Å². The number of carbonyl (C=O) groups excluding carboxylic acids is 2. The molecule has 13 nitrogen and oxygen atoms in total. The Labute approximate surface area is 251 Å². The number of hydrogen-bond donors (Lipinski definition) is 3. The first kappa shape index (κ1) is 30.2. The number of fused-ring (bicyclic) bond motifs is 4. The van der Waals surface area contributed by atoms with Gasteiger partial charge >= 0.3 is 13.8 Å². The van der Waals surface area contributed by atoms with E-state index in [1.807, 2.05) is 24.3 Å². The molecular formula is C27H24F2N3O10PS. The molecule has 0 radical (unpaired) electrons. The SMILES string of the molecule is COC(=O)C1CN2C(=O)c3c(OCOP(=O)(O)O)c(=O)cc(-c4cc(F)c(F)c5c4Cc4ccccc4SC5)n3N[C@@H]2CO1. The second-order valence-electron chi connectivity index (χ2n) is 9.99. The van der Waals surface area contributed by atoms with E-state index in [0.717, 1.165) is 29.7 Å². The lowest BCUT2D eigenvalue weighted by molar-refractivity contribution is -0.161. The molecule has 6 rings (SSSR count). The van der Waals surface area contributed by atoms with Crippen LogP contribution in [0.15, 0.2) is 46.1 Å². The lowest BCUT2D eigenvalue weighted by Crippen LogP contribution is -2.62. The number of phosphoric acid groups is 1. The summed E-state index contributed by atoms with van der Waals surface area (Å²) < 4.78 is 62.7. The number of nitrogens with zero attached hydrogens (tertiary/aromatic N) is 2. The summed E-state index contributed by atoms with van der Waals surface area (Å²) in [7, 11) is -3.86.